The van der Waals surface area contributed by atoms with Gasteiger partial charge in [0.1, 0.15) is 17.9 Å². The second-order valence-electron chi connectivity index (χ2n) is 3.20. The summed E-state index contributed by atoms with van der Waals surface area (Å²) in [6.07, 6.45) is 1.68. The molecule has 88 valence electrons. The Bertz CT molecular complexity index is 528. The number of rotatable bonds is 4. The molecule has 0 atom stereocenters. The van der Waals surface area contributed by atoms with Gasteiger partial charge >= 0.3 is 5.97 Å². The second kappa shape index (κ2) is 5.16. The maximum absolute atomic E-state index is 11.0. The summed E-state index contributed by atoms with van der Waals surface area (Å²) < 4.78 is 5.43. The lowest BCUT2D eigenvalue weighted by Gasteiger charge is -2.07. The Kier molecular flexibility index (Phi) is 3.61. The fourth-order valence-electron chi connectivity index (χ4n) is 1.26. The van der Waals surface area contributed by atoms with Gasteiger partial charge in [0, 0.05) is 11.2 Å². The normalized spacial score (nSPS) is 10.2. The molecule has 1 N–H and O–H groups in total. The van der Waals surface area contributed by atoms with Crippen molar-refractivity contribution in [2.24, 2.45) is 0 Å². The topological polar surface area (TPSA) is 59.4 Å². The summed E-state index contributed by atoms with van der Waals surface area (Å²) in [5, 5.41) is 9.37. The fourth-order valence-corrected chi connectivity index (χ4v) is 1.94. The third-order valence-electron chi connectivity index (χ3n) is 2.03. The van der Waals surface area contributed by atoms with E-state index in [9.17, 15) is 4.79 Å². The third-order valence-corrected chi connectivity index (χ3v) is 3.01. The van der Waals surface area contributed by atoms with Crippen LogP contribution >= 0.6 is 22.9 Å². The van der Waals surface area contributed by atoms with E-state index < -0.39 is 5.97 Å². The third kappa shape index (κ3) is 2.95. The van der Waals surface area contributed by atoms with Crippen LogP contribution in [0.4, 0.5) is 0 Å². The number of thiazole rings is 1. The summed E-state index contributed by atoms with van der Waals surface area (Å²) in [5.41, 5.74) is 1.75. The molecule has 0 saturated heterocycles. The highest BCUT2D eigenvalue weighted by molar-refractivity contribution is 7.09. The molecule has 0 aliphatic rings. The van der Waals surface area contributed by atoms with Gasteiger partial charge in [-0.2, -0.15) is 0 Å². The van der Waals surface area contributed by atoms with Crippen LogP contribution in [0, 0.1) is 0 Å². The molecular formula is C11H8ClNO3S. The number of benzene rings is 1. The predicted molar refractivity (Wildman–Crippen MR) is 64.9 cm³/mol. The van der Waals surface area contributed by atoms with Gasteiger partial charge in [0.2, 0.25) is 0 Å². The summed E-state index contributed by atoms with van der Waals surface area (Å²) in [5.74, 6) is -0.762. The molecule has 2 rings (SSSR count). The molecule has 2 aromatic rings. The molecule has 0 radical (unpaired) electrons. The maximum Gasteiger partial charge on any atom is 0.339 e. The first-order valence-electron chi connectivity index (χ1n) is 4.70. The first-order valence-corrected chi connectivity index (χ1v) is 5.95. The van der Waals surface area contributed by atoms with Gasteiger partial charge in [0.25, 0.3) is 0 Å². The van der Waals surface area contributed by atoms with Crippen molar-refractivity contribution in [3.8, 4) is 5.75 Å². The van der Waals surface area contributed by atoms with Gasteiger partial charge in [-0.3, -0.25) is 4.98 Å². The Balaban J connectivity index is 2.17. The van der Waals surface area contributed by atoms with Gasteiger partial charge in [0.15, 0.2) is 0 Å². The summed E-state index contributed by atoms with van der Waals surface area (Å²) in [6.45, 7) is 0.298. The minimum Gasteiger partial charge on any atom is -0.487 e. The molecule has 0 saturated carbocycles. The van der Waals surface area contributed by atoms with E-state index in [2.05, 4.69) is 4.98 Å². The first-order chi connectivity index (χ1) is 8.16. The zero-order valence-electron chi connectivity index (χ0n) is 8.59. The average molecular weight is 270 g/mol. The number of ether oxygens (including phenoxy) is 1. The summed E-state index contributed by atoms with van der Waals surface area (Å²) in [4.78, 5) is 15.8. The monoisotopic (exact) mass is 269 g/mol. The molecule has 0 unspecified atom stereocenters. The standard InChI is InChI=1S/C11H8ClNO3S/c12-7-1-2-10(9(3-7)11(14)15)16-5-8-4-13-6-17-8/h1-4,6H,5H2,(H,14,15). The highest BCUT2D eigenvalue weighted by atomic mass is 35.5. The van der Waals surface area contributed by atoms with Crippen molar-refractivity contribution < 1.29 is 14.6 Å². The highest BCUT2D eigenvalue weighted by Crippen LogP contribution is 2.24. The van der Waals surface area contributed by atoms with Crippen molar-refractivity contribution in [2.45, 2.75) is 6.61 Å². The lowest BCUT2D eigenvalue weighted by atomic mass is 10.2. The Morgan fingerprint density at radius 3 is 3.00 bits per heavy atom. The Labute approximate surface area is 106 Å². The zero-order valence-corrected chi connectivity index (χ0v) is 10.2. The van der Waals surface area contributed by atoms with Gasteiger partial charge in [-0.1, -0.05) is 11.6 Å². The average Bonchev–Trinajstić information content (AvgIpc) is 2.80. The number of aromatic nitrogens is 1. The largest absolute Gasteiger partial charge is 0.487 e. The van der Waals surface area contributed by atoms with Crippen LogP contribution in [0.1, 0.15) is 15.2 Å². The van der Waals surface area contributed by atoms with E-state index in [1.165, 1.54) is 17.4 Å². The number of hydrogen-bond acceptors (Lipinski definition) is 4. The van der Waals surface area contributed by atoms with Crippen LogP contribution in [0.2, 0.25) is 5.02 Å². The number of aromatic carboxylic acids is 1. The molecule has 0 bridgehead atoms. The molecule has 0 fully saturated rings. The fraction of sp³-hybridized carbons (Fsp3) is 0.0909. The number of nitrogens with zero attached hydrogens (tertiary/aromatic N) is 1. The van der Waals surface area contributed by atoms with Crippen LogP contribution in [-0.2, 0) is 6.61 Å². The van der Waals surface area contributed by atoms with Gasteiger partial charge in [-0.25, -0.2) is 4.79 Å². The molecule has 4 nitrogen and oxygen atoms in total. The van der Waals surface area contributed by atoms with Crippen LogP contribution in [0.5, 0.6) is 5.75 Å². The summed E-state index contributed by atoms with van der Waals surface area (Å²) in [6, 6.07) is 4.51. The van der Waals surface area contributed by atoms with Crippen LogP contribution in [-0.4, -0.2) is 16.1 Å². The van der Waals surface area contributed by atoms with E-state index in [1.807, 2.05) is 0 Å². The minimum atomic E-state index is -1.06. The highest BCUT2D eigenvalue weighted by Gasteiger charge is 2.12. The number of carboxylic acid groups (broad SMARTS) is 1. The van der Waals surface area contributed by atoms with Gasteiger partial charge < -0.3 is 9.84 Å². The van der Waals surface area contributed by atoms with Crippen LogP contribution in [0.15, 0.2) is 29.9 Å². The van der Waals surface area contributed by atoms with E-state index in [0.717, 1.165) is 4.88 Å². The van der Waals surface area contributed by atoms with Crippen molar-refractivity contribution >= 4 is 28.9 Å². The SMILES string of the molecule is O=C(O)c1cc(Cl)ccc1OCc1cncs1. The molecule has 1 aromatic carbocycles. The molecule has 17 heavy (non-hydrogen) atoms. The molecule has 0 aliphatic heterocycles. The van der Waals surface area contributed by atoms with E-state index in [1.54, 1.807) is 23.8 Å². The second-order valence-corrected chi connectivity index (χ2v) is 4.61. The van der Waals surface area contributed by atoms with Crippen molar-refractivity contribution in [1.82, 2.24) is 4.98 Å². The lowest BCUT2D eigenvalue weighted by Crippen LogP contribution is -2.02. The maximum atomic E-state index is 11.0. The summed E-state index contributed by atoms with van der Waals surface area (Å²) >= 11 is 7.18. The zero-order chi connectivity index (χ0) is 12.3. The molecule has 1 heterocycles. The number of halogens is 1. The molecule has 6 heteroatoms. The Morgan fingerprint density at radius 2 is 2.35 bits per heavy atom. The molecular weight excluding hydrogens is 262 g/mol. The first kappa shape index (κ1) is 11.9. The quantitative estimate of drug-likeness (QED) is 0.927. The molecule has 0 amide bonds. The van der Waals surface area contributed by atoms with Gasteiger partial charge in [0.05, 0.1) is 10.4 Å². The summed E-state index contributed by atoms with van der Waals surface area (Å²) in [7, 11) is 0. The smallest absolute Gasteiger partial charge is 0.339 e. The predicted octanol–water partition coefficient (Wildman–Crippen LogP) is 3.07. The number of carboxylic acids is 1. The van der Waals surface area contributed by atoms with E-state index in [-0.39, 0.29) is 5.56 Å². The van der Waals surface area contributed by atoms with E-state index >= 15 is 0 Å². The number of carbonyl (C=O) groups is 1. The van der Waals surface area contributed by atoms with Gasteiger partial charge in [-0.05, 0) is 18.2 Å². The minimum absolute atomic E-state index is 0.0574. The van der Waals surface area contributed by atoms with Crippen LogP contribution in [0.25, 0.3) is 0 Å². The van der Waals surface area contributed by atoms with Crippen molar-refractivity contribution in [3.05, 3.63) is 45.4 Å². The lowest BCUT2D eigenvalue weighted by molar-refractivity contribution is 0.0692. The van der Waals surface area contributed by atoms with Crippen LogP contribution < -0.4 is 4.74 Å². The van der Waals surface area contributed by atoms with Gasteiger partial charge in [-0.15, -0.1) is 11.3 Å². The number of hydrogen-bond donors (Lipinski definition) is 1. The van der Waals surface area contributed by atoms with E-state index in [4.69, 9.17) is 21.4 Å². The Hall–Kier alpha value is -1.59. The molecule has 0 spiro atoms. The molecule has 0 aliphatic carbocycles. The van der Waals surface area contributed by atoms with E-state index in [0.29, 0.717) is 17.4 Å². The van der Waals surface area contributed by atoms with Crippen LogP contribution in [0.3, 0.4) is 0 Å². The van der Waals surface area contributed by atoms with Crippen molar-refractivity contribution in [1.29, 1.82) is 0 Å². The Morgan fingerprint density at radius 1 is 1.53 bits per heavy atom. The van der Waals surface area contributed by atoms with Crippen molar-refractivity contribution in [2.75, 3.05) is 0 Å². The molecule has 1 aromatic heterocycles. The van der Waals surface area contributed by atoms with Crippen molar-refractivity contribution in [3.63, 3.8) is 0 Å².